The predicted molar refractivity (Wildman–Crippen MR) is 251 cm³/mol. The zero-order valence-electron chi connectivity index (χ0n) is 33.5. The van der Waals surface area contributed by atoms with E-state index in [4.69, 9.17) is 15.0 Å². The first kappa shape index (κ1) is 37.3. The molecule has 288 valence electrons. The maximum Gasteiger partial charge on any atom is 0.164 e. The van der Waals surface area contributed by atoms with Gasteiger partial charge in [-0.3, -0.25) is 0 Å². The summed E-state index contributed by atoms with van der Waals surface area (Å²) < 4.78 is 0. The van der Waals surface area contributed by atoms with Gasteiger partial charge in [-0.1, -0.05) is 231 Å². The summed E-state index contributed by atoms with van der Waals surface area (Å²) >= 11 is 0. The number of benzene rings is 9. The van der Waals surface area contributed by atoms with Crippen molar-refractivity contribution < 1.29 is 0 Å². The SMILES string of the molecule is c1ccc(-c2nc(-c3ccccc3)nc(-c3cc(-c4ccc(C(c5ccccc5)(c5ccccc5)c5ccccc5)cc4)cc(-c4ccccc4-c4ccccc4)c3)n2)cc1. The van der Waals surface area contributed by atoms with Crippen LogP contribution in [0.4, 0.5) is 0 Å². The Kier molecular flexibility index (Phi) is 10.2. The van der Waals surface area contributed by atoms with Crippen molar-refractivity contribution in [2.24, 2.45) is 0 Å². The molecular weight excluding hydrogens is 739 g/mol. The normalized spacial score (nSPS) is 11.3. The van der Waals surface area contributed by atoms with Gasteiger partial charge in [0, 0.05) is 16.7 Å². The Morgan fingerprint density at radius 2 is 0.525 bits per heavy atom. The van der Waals surface area contributed by atoms with Gasteiger partial charge in [-0.05, 0) is 73.8 Å². The number of hydrogen-bond acceptors (Lipinski definition) is 3. The van der Waals surface area contributed by atoms with Crippen LogP contribution in [-0.2, 0) is 5.41 Å². The second-order valence-electron chi connectivity index (χ2n) is 15.2. The fourth-order valence-electron chi connectivity index (χ4n) is 8.60. The average molecular weight is 780 g/mol. The largest absolute Gasteiger partial charge is 0.208 e. The molecule has 3 nitrogen and oxygen atoms in total. The van der Waals surface area contributed by atoms with E-state index in [9.17, 15) is 0 Å². The average Bonchev–Trinajstić information content (AvgIpc) is 3.36. The topological polar surface area (TPSA) is 38.7 Å². The molecule has 3 heteroatoms. The van der Waals surface area contributed by atoms with E-state index in [0.717, 1.165) is 50.1 Å². The van der Waals surface area contributed by atoms with Crippen molar-refractivity contribution in [2.75, 3.05) is 0 Å². The van der Waals surface area contributed by atoms with Crippen LogP contribution < -0.4 is 0 Å². The van der Waals surface area contributed by atoms with Crippen LogP contribution in [0.3, 0.4) is 0 Å². The van der Waals surface area contributed by atoms with Gasteiger partial charge in [-0.25, -0.2) is 15.0 Å². The van der Waals surface area contributed by atoms with Crippen molar-refractivity contribution in [1.82, 2.24) is 15.0 Å². The molecule has 10 aromatic rings. The summed E-state index contributed by atoms with van der Waals surface area (Å²) in [6, 6.07) is 88.0. The van der Waals surface area contributed by atoms with Crippen LogP contribution in [-0.4, -0.2) is 15.0 Å². The fraction of sp³-hybridized carbons (Fsp3) is 0.0172. The lowest BCUT2D eigenvalue weighted by atomic mass is 9.65. The number of aromatic nitrogens is 3. The maximum absolute atomic E-state index is 5.17. The first-order valence-electron chi connectivity index (χ1n) is 20.7. The van der Waals surface area contributed by atoms with E-state index in [1.807, 2.05) is 60.7 Å². The van der Waals surface area contributed by atoms with Gasteiger partial charge in [-0.15, -0.1) is 0 Å². The zero-order valence-corrected chi connectivity index (χ0v) is 33.5. The summed E-state index contributed by atoms with van der Waals surface area (Å²) in [5.41, 5.74) is 13.7. The first-order valence-corrected chi connectivity index (χ1v) is 20.7. The van der Waals surface area contributed by atoms with Crippen LogP contribution in [0.1, 0.15) is 22.3 Å². The molecule has 0 aliphatic rings. The molecule has 0 aliphatic heterocycles. The molecule has 0 amide bonds. The summed E-state index contributed by atoms with van der Waals surface area (Å²) in [7, 11) is 0. The van der Waals surface area contributed by atoms with Gasteiger partial charge in [0.15, 0.2) is 17.5 Å². The molecule has 0 bridgehead atoms. The van der Waals surface area contributed by atoms with Gasteiger partial charge >= 0.3 is 0 Å². The summed E-state index contributed by atoms with van der Waals surface area (Å²) in [6.45, 7) is 0. The molecule has 0 saturated heterocycles. The van der Waals surface area contributed by atoms with E-state index in [-0.39, 0.29) is 0 Å². The lowest BCUT2D eigenvalue weighted by Gasteiger charge is -2.37. The molecule has 0 saturated carbocycles. The van der Waals surface area contributed by atoms with Crippen LogP contribution in [0.5, 0.6) is 0 Å². The molecule has 0 radical (unpaired) electrons. The van der Waals surface area contributed by atoms with Crippen molar-refractivity contribution in [2.45, 2.75) is 5.41 Å². The summed E-state index contributed by atoms with van der Waals surface area (Å²) in [5, 5.41) is 0. The molecule has 1 aromatic heterocycles. The van der Waals surface area contributed by atoms with Crippen molar-refractivity contribution in [3.8, 4) is 67.5 Å². The third-order valence-corrected chi connectivity index (χ3v) is 11.5. The number of nitrogens with zero attached hydrogens (tertiary/aromatic N) is 3. The highest BCUT2D eigenvalue weighted by Crippen LogP contribution is 2.46. The molecule has 0 N–H and O–H groups in total. The van der Waals surface area contributed by atoms with E-state index in [2.05, 4.69) is 188 Å². The molecule has 0 fully saturated rings. The van der Waals surface area contributed by atoms with Crippen LogP contribution in [0.2, 0.25) is 0 Å². The number of rotatable bonds is 10. The Morgan fingerprint density at radius 1 is 0.213 bits per heavy atom. The van der Waals surface area contributed by atoms with Gasteiger partial charge in [0.1, 0.15) is 0 Å². The smallest absolute Gasteiger partial charge is 0.164 e. The molecule has 61 heavy (non-hydrogen) atoms. The predicted octanol–water partition coefficient (Wildman–Crippen LogP) is 14.3. The quantitative estimate of drug-likeness (QED) is 0.130. The molecule has 0 aliphatic carbocycles. The van der Waals surface area contributed by atoms with Gasteiger partial charge in [0.25, 0.3) is 0 Å². The second kappa shape index (κ2) is 16.7. The Hall–Kier alpha value is -8.01. The Bertz CT molecular complexity index is 2870. The van der Waals surface area contributed by atoms with Gasteiger partial charge < -0.3 is 0 Å². The van der Waals surface area contributed by atoms with Gasteiger partial charge in [0.2, 0.25) is 0 Å². The van der Waals surface area contributed by atoms with E-state index in [0.29, 0.717) is 17.5 Å². The second-order valence-corrected chi connectivity index (χ2v) is 15.2. The highest BCUT2D eigenvalue weighted by molar-refractivity contribution is 5.88. The van der Waals surface area contributed by atoms with Crippen LogP contribution >= 0.6 is 0 Å². The summed E-state index contributed by atoms with van der Waals surface area (Å²) in [5.74, 6) is 1.87. The van der Waals surface area contributed by atoms with Crippen molar-refractivity contribution >= 4 is 0 Å². The van der Waals surface area contributed by atoms with Crippen molar-refractivity contribution in [3.63, 3.8) is 0 Å². The van der Waals surface area contributed by atoms with E-state index in [1.54, 1.807) is 0 Å². The molecule has 1 heterocycles. The number of hydrogen-bond donors (Lipinski definition) is 0. The summed E-state index contributed by atoms with van der Waals surface area (Å²) in [6.07, 6.45) is 0. The summed E-state index contributed by atoms with van der Waals surface area (Å²) in [4.78, 5) is 15.3. The van der Waals surface area contributed by atoms with Gasteiger partial charge in [-0.2, -0.15) is 0 Å². The Morgan fingerprint density at radius 3 is 0.967 bits per heavy atom. The van der Waals surface area contributed by atoms with Crippen LogP contribution in [0, 0.1) is 0 Å². The highest BCUT2D eigenvalue weighted by Gasteiger charge is 2.38. The lowest BCUT2D eigenvalue weighted by molar-refractivity contribution is 0.745. The van der Waals surface area contributed by atoms with E-state index >= 15 is 0 Å². The molecule has 9 aromatic carbocycles. The van der Waals surface area contributed by atoms with Crippen LogP contribution in [0.15, 0.2) is 249 Å². The maximum atomic E-state index is 5.17. The standard InChI is InChI=1S/C58H41N3/c1-7-21-43(22-8-1)53-33-19-20-34-54(53)47-39-46(40-48(41-47)57-60-55(44-23-9-2-10-24-44)59-56(61-57)45-25-11-3-12-26-45)42-35-37-52(38-36-42)58(49-27-13-4-14-28-49,50-29-15-5-16-30-50)51-31-17-6-18-32-51/h1-41H. The highest BCUT2D eigenvalue weighted by atomic mass is 15.0. The third-order valence-electron chi connectivity index (χ3n) is 11.5. The van der Waals surface area contributed by atoms with Crippen molar-refractivity contribution in [1.29, 1.82) is 0 Å². The first-order chi connectivity index (χ1) is 30.2. The molecule has 0 atom stereocenters. The third kappa shape index (κ3) is 7.35. The molecule has 0 spiro atoms. The Balaban J connectivity index is 1.18. The lowest BCUT2D eigenvalue weighted by Crippen LogP contribution is -2.30. The monoisotopic (exact) mass is 779 g/mol. The van der Waals surface area contributed by atoms with Gasteiger partial charge in [0.05, 0.1) is 5.41 Å². The van der Waals surface area contributed by atoms with Crippen LogP contribution in [0.25, 0.3) is 67.5 Å². The molecule has 0 unspecified atom stereocenters. The minimum Gasteiger partial charge on any atom is -0.208 e. The van der Waals surface area contributed by atoms with E-state index < -0.39 is 5.41 Å². The minimum absolute atomic E-state index is 0.545. The minimum atomic E-state index is -0.545. The van der Waals surface area contributed by atoms with E-state index in [1.165, 1.54) is 22.3 Å². The molecule has 10 rings (SSSR count). The Labute approximate surface area is 357 Å². The fourth-order valence-corrected chi connectivity index (χ4v) is 8.60. The molecular formula is C58H41N3. The zero-order chi connectivity index (χ0) is 40.9. The van der Waals surface area contributed by atoms with Crippen molar-refractivity contribution in [3.05, 3.63) is 271 Å².